The third-order valence-electron chi connectivity index (χ3n) is 6.71. The van der Waals surface area contributed by atoms with E-state index in [1.54, 1.807) is 35.0 Å². The number of fused-ring (bicyclic) bond motifs is 1. The number of sulfone groups is 1. The van der Waals surface area contributed by atoms with Gasteiger partial charge in [0.25, 0.3) is 5.56 Å². The molecule has 0 spiro atoms. The zero-order valence-electron chi connectivity index (χ0n) is 20.1. The molecule has 3 aromatic rings. The number of nitrogens with zero attached hydrogens (tertiary/aromatic N) is 4. The minimum atomic E-state index is -3.49. The molecule has 0 atom stereocenters. The molecular formula is C25H33N5O3S. The Morgan fingerprint density at radius 2 is 1.82 bits per heavy atom. The number of anilines is 1. The molecule has 1 saturated heterocycles. The normalized spacial score (nSPS) is 15.6. The molecule has 0 unspecified atom stereocenters. The molecule has 4 rings (SSSR count). The van der Waals surface area contributed by atoms with E-state index in [0.717, 1.165) is 25.8 Å². The predicted octanol–water partition coefficient (Wildman–Crippen LogP) is 3.42. The Hall–Kier alpha value is -2.78. The van der Waals surface area contributed by atoms with Gasteiger partial charge in [-0.05, 0) is 63.9 Å². The summed E-state index contributed by atoms with van der Waals surface area (Å²) in [6.45, 7) is 8.75. The molecule has 34 heavy (non-hydrogen) atoms. The fraction of sp³-hybridized carbons (Fsp3) is 0.480. The van der Waals surface area contributed by atoms with Crippen LogP contribution in [0.2, 0.25) is 0 Å². The van der Waals surface area contributed by atoms with E-state index in [1.807, 2.05) is 6.92 Å². The third kappa shape index (κ3) is 5.15. The Balaban J connectivity index is 1.60. The van der Waals surface area contributed by atoms with Gasteiger partial charge in [-0.3, -0.25) is 9.36 Å². The number of rotatable bonds is 8. The van der Waals surface area contributed by atoms with E-state index >= 15 is 0 Å². The maximum absolute atomic E-state index is 13.4. The Labute approximate surface area is 201 Å². The third-order valence-corrected chi connectivity index (χ3v) is 7.86. The first-order valence-corrected chi connectivity index (χ1v) is 13.9. The summed E-state index contributed by atoms with van der Waals surface area (Å²) in [6.07, 6.45) is 6.37. The molecule has 1 aromatic carbocycles. The summed E-state index contributed by atoms with van der Waals surface area (Å²) in [5, 5.41) is 4.02. The van der Waals surface area contributed by atoms with E-state index in [4.69, 9.17) is 0 Å². The van der Waals surface area contributed by atoms with E-state index in [2.05, 4.69) is 27.1 Å². The second kappa shape index (κ2) is 10.2. The standard InChI is InChI=1S/C25H33N5O3S/c1-4-29-14-11-18(12-15-29)10-13-26-25-27-17-19-16-21(24(31)30(5-2)23(19)28-25)20-8-6-7-9-22(20)34(3,32)33/h6-9,16-18H,4-5,10-15H2,1-3H3,(H,26,27,28). The van der Waals surface area contributed by atoms with Gasteiger partial charge >= 0.3 is 0 Å². The van der Waals surface area contributed by atoms with E-state index in [1.165, 1.54) is 32.0 Å². The van der Waals surface area contributed by atoms with E-state index in [0.29, 0.717) is 40.6 Å². The van der Waals surface area contributed by atoms with Gasteiger partial charge in [0, 0.05) is 42.1 Å². The first-order chi connectivity index (χ1) is 16.3. The van der Waals surface area contributed by atoms with Crippen LogP contribution in [-0.2, 0) is 16.4 Å². The summed E-state index contributed by atoms with van der Waals surface area (Å²) in [7, 11) is -3.49. The minimum absolute atomic E-state index is 0.137. The highest BCUT2D eigenvalue weighted by molar-refractivity contribution is 7.90. The largest absolute Gasteiger partial charge is 0.354 e. The number of pyridine rings is 1. The molecule has 1 aliphatic rings. The first kappa shape index (κ1) is 24.3. The van der Waals surface area contributed by atoms with Gasteiger partial charge in [-0.1, -0.05) is 25.1 Å². The van der Waals surface area contributed by atoms with Gasteiger partial charge < -0.3 is 10.2 Å². The average Bonchev–Trinajstić information content (AvgIpc) is 2.83. The van der Waals surface area contributed by atoms with Crippen LogP contribution in [0, 0.1) is 5.92 Å². The van der Waals surface area contributed by atoms with Crippen molar-refractivity contribution in [2.24, 2.45) is 5.92 Å². The molecule has 0 aliphatic carbocycles. The molecule has 0 bridgehead atoms. The molecule has 1 N–H and O–H groups in total. The van der Waals surface area contributed by atoms with Crippen LogP contribution in [-0.4, -0.2) is 60.3 Å². The quantitative estimate of drug-likeness (QED) is 0.524. The molecule has 1 aliphatic heterocycles. The highest BCUT2D eigenvalue weighted by Gasteiger charge is 2.20. The Morgan fingerprint density at radius 3 is 2.50 bits per heavy atom. The molecule has 0 amide bonds. The van der Waals surface area contributed by atoms with Gasteiger partial charge in [0.2, 0.25) is 5.95 Å². The van der Waals surface area contributed by atoms with E-state index in [-0.39, 0.29) is 10.5 Å². The molecular weight excluding hydrogens is 450 g/mol. The average molecular weight is 484 g/mol. The molecule has 9 heteroatoms. The van der Waals surface area contributed by atoms with Crippen molar-refractivity contribution in [1.82, 2.24) is 19.4 Å². The first-order valence-electron chi connectivity index (χ1n) is 12.0. The number of aryl methyl sites for hydroxylation is 1. The summed E-state index contributed by atoms with van der Waals surface area (Å²) >= 11 is 0. The summed E-state index contributed by atoms with van der Waals surface area (Å²) in [4.78, 5) is 25.1. The number of piperidine rings is 1. The zero-order valence-corrected chi connectivity index (χ0v) is 20.9. The smallest absolute Gasteiger partial charge is 0.260 e. The number of hydrogen-bond donors (Lipinski definition) is 1. The van der Waals surface area contributed by atoms with Crippen molar-refractivity contribution in [3.8, 4) is 11.1 Å². The van der Waals surface area contributed by atoms with Crippen LogP contribution >= 0.6 is 0 Å². The molecule has 0 saturated carbocycles. The second-order valence-electron chi connectivity index (χ2n) is 8.94. The van der Waals surface area contributed by atoms with E-state index in [9.17, 15) is 13.2 Å². The molecule has 3 heterocycles. The van der Waals surface area contributed by atoms with Crippen LogP contribution < -0.4 is 10.9 Å². The van der Waals surface area contributed by atoms with Gasteiger partial charge in [-0.15, -0.1) is 0 Å². The van der Waals surface area contributed by atoms with Crippen LogP contribution in [0.15, 0.2) is 46.2 Å². The van der Waals surface area contributed by atoms with Gasteiger partial charge in [-0.25, -0.2) is 13.4 Å². The maximum atomic E-state index is 13.4. The van der Waals surface area contributed by atoms with Crippen molar-refractivity contribution in [3.05, 3.63) is 46.9 Å². The van der Waals surface area contributed by atoms with E-state index < -0.39 is 9.84 Å². The molecule has 8 nitrogen and oxygen atoms in total. The molecule has 182 valence electrons. The van der Waals surface area contributed by atoms with Crippen molar-refractivity contribution in [2.75, 3.05) is 37.8 Å². The lowest BCUT2D eigenvalue weighted by Gasteiger charge is -2.31. The number of likely N-dealkylation sites (tertiary alicyclic amines) is 1. The van der Waals surface area contributed by atoms with Gasteiger partial charge in [0.1, 0.15) is 5.65 Å². The van der Waals surface area contributed by atoms with Crippen LogP contribution in [0.3, 0.4) is 0 Å². The maximum Gasteiger partial charge on any atom is 0.260 e. The van der Waals surface area contributed by atoms with Crippen molar-refractivity contribution in [2.45, 2.75) is 44.6 Å². The number of aromatic nitrogens is 3. The Morgan fingerprint density at radius 1 is 1.09 bits per heavy atom. The van der Waals surface area contributed by atoms with Crippen molar-refractivity contribution >= 4 is 26.8 Å². The highest BCUT2D eigenvalue weighted by atomic mass is 32.2. The predicted molar refractivity (Wildman–Crippen MR) is 136 cm³/mol. The number of benzene rings is 1. The summed E-state index contributed by atoms with van der Waals surface area (Å²) in [5.41, 5.74) is 1.01. The number of hydrogen-bond acceptors (Lipinski definition) is 7. The van der Waals surface area contributed by atoms with Crippen LogP contribution in [0.1, 0.15) is 33.1 Å². The van der Waals surface area contributed by atoms with Crippen LogP contribution in [0.5, 0.6) is 0 Å². The topological polar surface area (TPSA) is 97.2 Å². The van der Waals surface area contributed by atoms with Gasteiger partial charge in [0.05, 0.1) is 4.90 Å². The Bertz CT molecular complexity index is 1330. The summed E-state index contributed by atoms with van der Waals surface area (Å²) in [5.74, 6) is 1.21. The fourth-order valence-corrected chi connectivity index (χ4v) is 5.63. The lowest BCUT2D eigenvalue weighted by Crippen LogP contribution is -2.33. The van der Waals surface area contributed by atoms with Gasteiger partial charge in [-0.2, -0.15) is 4.98 Å². The van der Waals surface area contributed by atoms with Crippen molar-refractivity contribution in [1.29, 1.82) is 0 Å². The SMILES string of the molecule is CCN1CCC(CCNc2ncc3cc(-c4ccccc4S(C)(=O)=O)c(=O)n(CC)c3n2)CC1. The van der Waals surface area contributed by atoms with Crippen LogP contribution in [0.25, 0.3) is 22.2 Å². The van der Waals surface area contributed by atoms with Crippen molar-refractivity contribution < 1.29 is 8.42 Å². The summed E-state index contributed by atoms with van der Waals surface area (Å²) < 4.78 is 26.2. The zero-order chi connectivity index (χ0) is 24.3. The lowest BCUT2D eigenvalue weighted by atomic mass is 9.93. The highest BCUT2D eigenvalue weighted by Crippen LogP contribution is 2.27. The van der Waals surface area contributed by atoms with Crippen molar-refractivity contribution in [3.63, 3.8) is 0 Å². The molecule has 2 aromatic heterocycles. The summed E-state index contributed by atoms with van der Waals surface area (Å²) in [6, 6.07) is 8.28. The lowest BCUT2D eigenvalue weighted by molar-refractivity contribution is 0.189. The Kier molecular flexibility index (Phi) is 7.33. The van der Waals surface area contributed by atoms with Crippen LogP contribution in [0.4, 0.5) is 5.95 Å². The second-order valence-corrected chi connectivity index (χ2v) is 10.9. The number of nitrogens with one attached hydrogen (secondary N) is 1. The molecule has 0 radical (unpaired) electrons. The van der Waals surface area contributed by atoms with Gasteiger partial charge in [0.15, 0.2) is 9.84 Å². The monoisotopic (exact) mass is 483 g/mol. The molecule has 1 fully saturated rings. The minimum Gasteiger partial charge on any atom is -0.354 e. The fourth-order valence-electron chi connectivity index (χ4n) is 4.72.